The summed E-state index contributed by atoms with van der Waals surface area (Å²) in [6.07, 6.45) is -0.839. The fourth-order valence-electron chi connectivity index (χ4n) is 2.04. The van der Waals surface area contributed by atoms with Crippen LogP contribution in [0.1, 0.15) is 0 Å². The van der Waals surface area contributed by atoms with Crippen molar-refractivity contribution >= 4 is 22.7 Å². The van der Waals surface area contributed by atoms with Gasteiger partial charge in [-0.05, 0) is 36.4 Å². The molecule has 21 heavy (non-hydrogen) atoms. The first-order valence-electron chi connectivity index (χ1n) is 6.59. The molecular weight excluding hydrogens is 268 g/mol. The Kier molecular flexibility index (Phi) is 4.52. The summed E-state index contributed by atoms with van der Waals surface area (Å²) < 4.78 is 0. The van der Waals surface area contributed by atoms with Crippen molar-refractivity contribution < 1.29 is 10.2 Å². The molecule has 0 saturated heterocycles. The van der Waals surface area contributed by atoms with Gasteiger partial charge in [-0.25, -0.2) is 0 Å². The Morgan fingerprint density at radius 1 is 0.952 bits per heavy atom. The first kappa shape index (κ1) is 15.0. The minimum absolute atomic E-state index is 0.218. The van der Waals surface area contributed by atoms with Gasteiger partial charge in [0.05, 0.1) is 12.7 Å². The molecule has 2 aromatic rings. The summed E-state index contributed by atoms with van der Waals surface area (Å²) in [6, 6.07) is 10.6. The van der Waals surface area contributed by atoms with Crippen LogP contribution in [0.2, 0.25) is 0 Å². The van der Waals surface area contributed by atoms with E-state index in [1.54, 1.807) is 36.4 Å². The zero-order valence-electron chi connectivity index (χ0n) is 11.6. The molecule has 0 aromatic heterocycles. The van der Waals surface area contributed by atoms with Crippen LogP contribution in [-0.4, -0.2) is 29.5 Å². The number of aliphatic hydroxyl groups is 2. The maximum Gasteiger partial charge on any atom is 0.0942 e. The second-order valence-electron chi connectivity index (χ2n) is 4.87. The fraction of sp³-hybridized carbons (Fsp3) is 0.200. The standard InChI is InChI=1S/C15H20N4O2/c16-9-1-3-14(18)12(5-9)13-6-10(17)2-4-15(13)19-7-11(21)8-20/h1-6,11,19-21H,7-8,16-18H2. The van der Waals surface area contributed by atoms with Gasteiger partial charge in [-0.15, -0.1) is 0 Å². The molecule has 0 fully saturated rings. The Bertz CT molecular complexity index is 631. The zero-order valence-corrected chi connectivity index (χ0v) is 11.6. The Morgan fingerprint density at radius 2 is 1.57 bits per heavy atom. The molecule has 6 heteroatoms. The lowest BCUT2D eigenvalue weighted by atomic mass is 10.00. The van der Waals surface area contributed by atoms with Gasteiger partial charge in [0.15, 0.2) is 0 Å². The van der Waals surface area contributed by atoms with Crippen LogP contribution in [0.25, 0.3) is 11.1 Å². The monoisotopic (exact) mass is 288 g/mol. The summed E-state index contributed by atoms with van der Waals surface area (Å²) >= 11 is 0. The highest BCUT2D eigenvalue weighted by molar-refractivity contribution is 5.88. The lowest BCUT2D eigenvalue weighted by Crippen LogP contribution is -2.23. The second kappa shape index (κ2) is 6.34. The van der Waals surface area contributed by atoms with Gasteiger partial charge in [0.2, 0.25) is 0 Å². The van der Waals surface area contributed by atoms with Crippen molar-refractivity contribution in [2.45, 2.75) is 6.10 Å². The summed E-state index contributed by atoms with van der Waals surface area (Å²) in [5, 5.41) is 21.4. The summed E-state index contributed by atoms with van der Waals surface area (Å²) in [7, 11) is 0. The van der Waals surface area contributed by atoms with Crippen molar-refractivity contribution in [1.29, 1.82) is 0 Å². The third-order valence-corrected chi connectivity index (χ3v) is 3.15. The summed E-state index contributed by atoms with van der Waals surface area (Å²) in [4.78, 5) is 0. The van der Waals surface area contributed by atoms with Gasteiger partial charge in [-0.2, -0.15) is 0 Å². The zero-order chi connectivity index (χ0) is 15.4. The molecule has 1 unspecified atom stereocenters. The van der Waals surface area contributed by atoms with Crippen LogP contribution < -0.4 is 22.5 Å². The molecule has 2 rings (SSSR count). The van der Waals surface area contributed by atoms with Crippen molar-refractivity contribution in [3.8, 4) is 11.1 Å². The van der Waals surface area contributed by atoms with Crippen LogP contribution in [0.4, 0.5) is 22.7 Å². The minimum Gasteiger partial charge on any atom is -0.399 e. The number of benzene rings is 2. The van der Waals surface area contributed by atoms with E-state index in [4.69, 9.17) is 22.3 Å². The van der Waals surface area contributed by atoms with Crippen molar-refractivity contribution in [3.63, 3.8) is 0 Å². The predicted octanol–water partition coefficient (Wildman–Crippen LogP) is 0.865. The first-order chi connectivity index (χ1) is 10.0. The van der Waals surface area contributed by atoms with Crippen LogP contribution in [0.3, 0.4) is 0 Å². The van der Waals surface area contributed by atoms with E-state index in [-0.39, 0.29) is 13.2 Å². The lowest BCUT2D eigenvalue weighted by molar-refractivity contribution is 0.105. The molecule has 0 saturated carbocycles. The molecule has 0 aliphatic rings. The first-order valence-corrected chi connectivity index (χ1v) is 6.59. The van der Waals surface area contributed by atoms with Crippen LogP contribution >= 0.6 is 0 Å². The van der Waals surface area contributed by atoms with Gasteiger partial charge in [-0.3, -0.25) is 0 Å². The van der Waals surface area contributed by atoms with E-state index < -0.39 is 6.10 Å². The Balaban J connectivity index is 2.41. The van der Waals surface area contributed by atoms with E-state index >= 15 is 0 Å². The maximum atomic E-state index is 9.45. The molecule has 0 heterocycles. The van der Waals surface area contributed by atoms with Gasteiger partial charge >= 0.3 is 0 Å². The molecule has 6 nitrogen and oxygen atoms in total. The fourth-order valence-corrected chi connectivity index (χ4v) is 2.04. The van der Waals surface area contributed by atoms with E-state index in [0.29, 0.717) is 17.1 Å². The molecule has 0 amide bonds. The molecule has 0 aliphatic carbocycles. The van der Waals surface area contributed by atoms with Gasteiger partial charge in [0.25, 0.3) is 0 Å². The highest BCUT2D eigenvalue weighted by Crippen LogP contribution is 2.35. The molecule has 0 spiro atoms. The Morgan fingerprint density at radius 3 is 2.24 bits per heavy atom. The van der Waals surface area contributed by atoms with Crippen molar-refractivity contribution in [1.82, 2.24) is 0 Å². The van der Waals surface area contributed by atoms with Crippen molar-refractivity contribution in [3.05, 3.63) is 36.4 Å². The molecule has 0 aliphatic heterocycles. The van der Waals surface area contributed by atoms with Crippen LogP contribution in [0.5, 0.6) is 0 Å². The highest BCUT2D eigenvalue weighted by Gasteiger charge is 2.11. The Labute approximate surface area is 123 Å². The van der Waals surface area contributed by atoms with Gasteiger partial charge in [0.1, 0.15) is 0 Å². The molecule has 112 valence electrons. The lowest BCUT2D eigenvalue weighted by Gasteiger charge is -2.16. The van der Waals surface area contributed by atoms with Gasteiger partial charge in [0, 0.05) is 40.4 Å². The third-order valence-electron chi connectivity index (χ3n) is 3.15. The molecule has 1 atom stereocenters. The number of hydrogen-bond donors (Lipinski definition) is 6. The summed E-state index contributed by atoms with van der Waals surface area (Å²) in [5.41, 5.74) is 21.8. The summed E-state index contributed by atoms with van der Waals surface area (Å²) in [6.45, 7) is -0.0899. The topological polar surface area (TPSA) is 131 Å². The number of rotatable bonds is 5. The minimum atomic E-state index is -0.839. The van der Waals surface area contributed by atoms with Crippen molar-refractivity contribution in [2.24, 2.45) is 0 Å². The number of nitrogens with two attached hydrogens (primary N) is 3. The van der Waals surface area contributed by atoms with E-state index in [2.05, 4.69) is 5.32 Å². The van der Waals surface area contributed by atoms with Crippen LogP contribution in [0, 0.1) is 0 Å². The van der Waals surface area contributed by atoms with Crippen LogP contribution in [0.15, 0.2) is 36.4 Å². The molecule has 2 aromatic carbocycles. The average Bonchev–Trinajstić information content (AvgIpc) is 2.48. The third kappa shape index (κ3) is 3.56. The van der Waals surface area contributed by atoms with Gasteiger partial charge in [-0.1, -0.05) is 0 Å². The van der Waals surface area contributed by atoms with E-state index in [1.807, 2.05) is 0 Å². The second-order valence-corrected chi connectivity index (χ2v) is 4.87. The Hall–Kier alpha value is -2.44. The number of hydrogen-bond acceptors (Lipinski definition) is 6. The van der Waals surface area contributed by atoms with E-state index in [0.717, 1.165) is 16.8 Å². The van der Waals surface area contributed by atoms with E-state index in [1.165, 1.54) is 0 Å². The van der Waals surface area contributed by atoms with Gasteiger partial charge < -0.3 is 32.7 Å². The number of nitrogens with one attached hydrogen (secondary N) is 1. The molecule has 0 radical (unpaired) electrons. The van der Waals surface area contributed by atoms with Crippen LogP contribution in [-0.2, 0) is 0 Å². The summed E-state index contributed by atoms with van der Waals surface area (Å²) in [5.74, 6) is 0. The normalized spacial score (nSPS) is 12.1. The molecular formula is C15H20N4O2. The number of nitrogen functional groups attached to an aromatic ring is 3. The largest absolute Gasteiger partial charge is 0.399 e. The average molecular weight is 288 g/mol. The number of aliphatic hydroxyl groups excluding tert-OH is 2. The number of anilines is 4. The predicted molar refractivity (Wildman–Crippen MR) is 86.7 cm³/mol. The smallest absolute Gasteiger partial charge is 0.0942 e. The molecule has 0 bridgehead atoms. The van der Waals surface area contributed by atoms with Crippen molar-refractivity contribution in [2.75, 3.05) is 35.7 Å². The maximum absolute atomic E-state index is 9.45. The SMILES string of the molecule is Nc1ccc(N)c(-c2cc(N)ccc2NCC(O)CO)c1. The van der Waals surface area contributed by atoms with E-state index in [9.17, 15) is 5.11 Å². The highest BCUT2D eigenvalue weighted by atomic mass is 16.3. The quantitative estimate of drug-likeness (QED) is 0.453. The molecule has 9 N–H and O–H groups in total.